The molecule has 0 atom stereocenters. The number of amides is 2. The first kappa shape index (κ1) is 13.5. The summed E-state index contributed by atoms with van der Waals surface area (Å²) < 4.78 is 0.595. The van der Waals surface area contributed by atoms with Gasteiger partial charge in [0.15, 0.2) is 0 Å². The molecule has 0 fully saturated rings. The summed E-state index contributed by atoms with van der Waals surface area (Å²) in [6, 6.07) is 4.14. The lowest BCUT2D eigenvalue weighted by Crippen LogP contribution is -2.34. The van der Waals surface area contributed by atoms with Crippen LogP contribution in [0.5, 0.6) is 0 Å². The molecule has 0 unspecified atom stereocenters. The average molecular weight is 301 g/mol. The van der Waals surface area contributed by atoms with Crippen molar-refractivity contribution >= 4 is 33.6 Å². The molecule has 2 amide bonds. The predicted octanol–water partition coefficient (Wildman–Crippen LogP) is 2.68. The third-order valence-corrected chi connectivity index (χ3v) is 2.28. The third-order valence-electron chi connectivity index (χ3n) is 1.82. The van der Waals surface area contributed by atoms with Gasteiger partial charge in [0, 0.05) is 16.2 Å². The van der Waals surface area contributed by atoms with Gasteiger partial charge in [0.25, 0.3) is 0 Å². The number of anilines is 1. The molecule has 92 valence electrons. The maximum Gasteiger partial charge on any atom is 0.335 e. The van der Waals surface area contributed by atoms with Crippen molar-refractivity contribution in [2.24, 2.45) is 0 Å². The Labute approximate surface area is 107 Å². The van der Waals surface area contributed by atoms with Crippen LogP contribution in [0.2, 0.25) is 0 Å². The topological polar surface area (TPSA) is 78.4 Å². The molecule has 0 saturated heterocycles. The van der Waals surface area contributed by atoms with Crippen molar-refractivity contribution in [3.8, 4) is 0 Å². The number of benzene rings is 1. The summed E-state index contributed by atoms with van der Waals surface area (Å²) in [6.07, 6.45) is 0. The Balaban J connectivity index is 2.84. The molecule has 1 aromatic rings. The Morgan fingerprint density at radius 2 is 1.94 bits per heavy atom. The van der Waals surface area contributed by atoms with E-state index in [4.69, 9.17) is 5.11 Å². The van der Waals surface area contributed by atoms with Gasteiger partial charge in [0.1, 0.15) is 0 Å². The molecule has 0 saturated carbocycles. The quantitative estimate of drug-likeness (QED) is 0.803. The zero-order valence-corrected chi connectivity index (χ0v) is 11.0. The number of hydrogen-bond acceptors (Lipinski definition) is 2. The third kappa shape index (κ3) is 4.44. The largest absolute Gasteiger partial charge is 0.478 e. The summed E-state index contributed by atoms with van der Waals surface area (Å²) in [4.78, 5) is 22.3. The van der Waals surface area contributed by atoms with Crippen LogP contribution in [-0.2, 0) is 0 Å². The molecule has 0 aliphatic heterocycles. The average Bonchev–Trinajstić information content (AvgIpc) is 2.14. The molecule has 0 aliphatic carbocycles. The second-order valence-electron chi connectivity index (χ2n) is 3.79. The molecule has 3 N–H and O–H groups in total. The zero-order chi connectivity index (χ0) is 13.0. The van der Waals surface area contributed by atoms with E-state index in [1.165, 1.54) is 12.1 Å². The smallest absolute Gasteiger partial charge is 0.335 e. The van der Waals surface area contributed by atoms with E-state index in [9.17, 15) is 9.59 Å². The summed E-state index contributed by atoms with van der Waals surface area (Å²) in [7, 11) is 0. The van der Waals surface area contributed by atoms with Gasteiger partial charge in [-0.3, -0.25) is 0 Å². The second-order valence-corrected chi connectivity index (χ2v) is 4.70. The minimum absolute atomic E-state index is 0.0149. The maximum atomic E-state index is 11.4. The van der Waals surface area contributed by atoms with Crippen LogP contribution >= 0.6 is 15.9 Å². The number of aromatic carboxylic acids is 1. The van der Waals surface area contributed by atoms with Crippen LogP contribution in [0.4, 0.5) is 10.5 Å². The first-order chi connectivity index (χ1) is 7.88. The molecule has 5 nitrogen and oxygen atoms in total. The lowest BCUT2D eigenvalue weighted by molar-refractivity contribution is 0.0697. The molecule has 6 heteroatoms. The number of nitrogens with one attached hydrogen (secondary N) is 2. The Morgan fingerprint density at radius 3 is 2.47 bits per heavy atom. The molecule has 0 radical (unpaired) electrons. The van der Waals surface area contributed by atoms with E-state index in [1.54, 1.807) is 6.07 Å². The minimum atomic E-state index is -1.04. The molecule has 17 heavy (non-hydrogen) atoms. The van der Waals surface area contributed by atoms with E-state index in [-0.39, 0.29) is 17.6 Å². The Kier molecular flexibility index (Phi) is 4.51. The van der Waals surface area contributed by atoms with Gasteiger partial charge in [0.2, 0.25) is 0 Å². The summed E-state index contributed by atoms with van der Waals surface area (Å²) in [5, 5.41) is 14.1. The van der Waals surface area contributed by atoms with Crippen molar-refractivity contribution < 1.29 is 14.7 Å². The Morgan fingerprint density at radius 1 is 1.29 bits per heavy atom. The Bertz CT molecular complexity index is 446. The minimum Gasteiger partial charge on any atom is -0.478 e. The zero-order valence-electron chi connectivity index (χ0n) is 9.45. The number of carboxylic acids is 1. The first-order valence-electron chi connectivity index (χ1n) is 5.00. The van der Waals surface area contributed by atoms with Gasteiger partial charge >= 0.3 is 12.0 Å². The number of halogens is 1. The van der Waals surface area contributed by atoms with Crippen LogP contribution in [0, 0.1) is 0 Å². The lowest BCUT2D eigenvalue weighted by atomic mass is 10.2. The second kappa shape index (κ2) is 5.67. The molecule has 0 heterocycles. The number of carbonyl (C=O) groups is 2. The van der Waals surface area contributed by atoms with E-state index in [0.29, 0.717) is 10.2 Å². The lowest BCUT2D eigenvalue weighted by Gasteiger charge is -2.10. The standard InChI is InChI=1S/C11H13BrN2O3/c1-6(2)13-11(17)14-9-4-7(10(15)16)3-8(12)5-9/h3-6H,1-2H3,(H,15,16)(H2,13,14,17). The highest BCUT2D eigenvalue weighted by molar-refractivity contribution is 9.10. The molecule has 0 spiro atoms. The normalized spacial score (nSPS) is 10.1. The highest BCUT2D eigenvalue weighted by Crippen LogP contribution is 2.19. The molecule has 0 bridgehead atoms. The number of rotatable bonds is 3. The number of carbonyl (C=O) groups excluding carboxylic acids is 1. The highest BCUT2D eigenvalue weighted by Gasteiger charge is 2.08. The van der Waals surface area contributed by atoms with Gasteiger partial charge in [-0.2, -0.15) is 0 Å². The van der Waals surface area contributed by atoms with Gasteiger partial charge < -0.3 is 15.7 Å². The van der Waals surface area contributed by atoms with Crippen molar-refractivity contribution in [1.29, 1.82) is 0 Å². The van der Waals surface area contributed by atoms with Gasteiger partial charge in [-0.1, -0.05) is 15.9 Å². The maximum absolute atomic E-state index is 11.4. The summed E-state index contributed by atoms with van der Waals surface area (Å²) in [5.74, 6) is -1.04. The van der Waals surface area contributed by atoms with Crippen LogP contribution in [0.1, 0.15) is 24.2 Å². The molecular formula is C11H13BrN2O3. The molecule has 0 aliphatic rings. The Hall–Kier alpha value is -1.56. The van der Waals surface area contributed by atoms with Crippen molar-refractivity contribution in [3.63, 3.8) is 0 Å². The van der Waals surface area contributed by atoms with Gasteiger partial charge in [-0.05, 0) is 32.0 Å². The first-order valence-corrected chi connectivity index (χ1v) is 5.79. The molecule has 1 rings (SSSR count). The monoisotopic (exact) mass is 300 g/mol. The van der Waals surface area contributed by atoms with Crippen molar-refractivity contribution in [2.75, 3.05) is 5.32 Å². The van der Waals surface area contributed by atoms with Gasteiger partial charge in [-0.15, -0.1) is 0 Å². The van der Waals surface area contributed by atoms with Crippen molar-refractivity contribution in [3.05, 3.63) is 28.2 Å². The summed E-state index contributed by atoms with van der Waals surface area (Å²) in [5.41, 5.74) is 0.536. The van der Waals surface area contributed by atoms with E-state index in [2.05, 4.69) is 26.6 Å². The van der Waals surface area contributed by atoms with E-state index in [0.717, 1.165) is 0 Å². The van der Waals surface area contributed by atoms with Gasteiger partial charge in [-0.25, -0.2) is 9.59 Å². The SMILES string of the molecule is CC(C)NC(=O)Nc1cc(Br)cc(C(=O)O)c1. The van der Waals surface area contributed by atoms with E-state index in [1.807, 2.05) is 13.8 Å². The van der Waals surface area contributed by atoms with E-state index >= 15 is 0 Å². The highest BCUT2D eigenvalue weighted by atomic mass is 79.9. The van der Waals surface area contributed by atoms with Gasteiger partial charge in [0.05, 0.1) is 5.56 Å². The van der Waals surface area contributed by atoms with Crippen LogP contribution in [0.15, 0.2) is 22.7 Å². The molecular weight excluding hydrogens is 288 g/mol. The van der Waals surface area contributed by atoms with Crippen molar-refractivity contribution in [2.45, 2.75) is 19.9 Å². The fourth-order valence-electron chi connectivity index (χ4n) is 1.21. The van der Waals surface area contributed by atoms with Crippen molar-refractivity contribution in [1.82, 2.24) is 5.32 Å². The number of urea groups is 1. The summed E-state index contributed by atoms with van der Waals surface area (Å²) >= 11 is 3.19. The number of carboxylic acid groups (broad SMARTS) is 1. The fraction of sp³-hybridized carbons (Fsp3) is 0.273. The van der Waals surface area contributed by atoms with E-state index < -0.39 is 5.97 Å². The van der Waals surface area contributed by atoms with Crippen LogP contribution in [0.3, 0.4) is 0 Å². The fourth-order valence-corrected chi connectivity index (χ4v) is 1.71. The number of hydrogen-bond donors (Lipinski definition) is 3. The summed E-state index contributed by atoms with van der Waals surface area (Å²) in [6.45, 7) is 3.67. The van der Waals surface area contributed by atoms with Crippen LogP contribution < -0.4 is 10.6 Å². The molecule has 1 aromatic carbocycles. The van der Waals surface area contributed by atoms with Crippen LogP contribution in [0.25, 0.3) is 0 Å². The predicted molar refractivity (Wildman–Crippen MR) is 68.4 cm³/mol. The molecule has 0 aromatic heterocycles. The van der Waals surface area contributed by atoms with Crippen LogP contribution in [-0.4, -0.2) is 23.1 Å².